The molecule has 9 heteroatoms. The number of benzene rings is 1. The van der Waals surface area contributed by atoms with E-state index in [9.17, 15) is 18.4 Å². The molecule has 0 bridgehead atoms. The molecule has 4 rings (SSSR count). The summed E-state index contributed by atoms with van der Waals surface area (Å²) in [6, 6.07) is 5.51. The van der Waals surface area contributed by atoms with Crippen LogP contribution in [0.5, 0.6) is 0 Å². The predicted molar refractivity (Wildman–Crippen MR) is 117 cm³/mol. The maximum Gasteiger partial charge on any atom is 0.225 e. The number of sulfonamides is 1. The van der Waals surface area contributed by atoms with E-state index in [4.69, 9.17) is 0 Å². The van der Waals surface area contributed by atoms with Gasteiger partial charge >= 0.3 is 0 Å². The Hall–Kier alpha value is -2.78. The largest absolute Gasteiger partial charge is 0.744 e. The first-order valence-electron chi connectivity index (χ1n) is 10.3. The number of fused-ring (bicyclic) bond motifs is 1. The normalized spacial score (nSPS) is 14.5. The fourth-order valence-electron chi connectivity index (χ4n) is 3.71. The molecule has 31 heavy (non-hydrogen) atoms. The van der Waals surface area contributed by atoms with Crippen molar-refractivity contribution in [3.8, 4) is 0 Å². The number of unbranched alkanes of at least 4 members (excludes halogenated alkanes) is 1. The van der Waals surface area contributed by atoms with Crippen molar-refractivity contribution in [3.63, 3.8) is 0 Å². The van der Waals surface area contributed by atoms with Crippen LogP contribution in [0.2, 0.25) is 0 Å². The van der Waals surface area contributed by atoms with Crippen molar-refractivity contribution in [2.24, 2.45) is 0 Å². The summed E-state index contributed by atoms with van der Waals surface area (Å²) in [6.45, 7) is 1.79. The van der Waals surface area contributed by atoms with E-state index in [1.165, 1.54) is 18.3 Å². The van der Waals surface area contributed by atoms with E-state index in [0.29, 0.717) is 23.4 Å². The number of ketones is 1. The van der Waals surface area contributed by atoms with E-state index in [-0.39, 0.29) is 27.8 Å². The number of aromatic nitrogens is 2. The Balaban J connectivity index is 1.70. The van der Waals surface area contributed by atoms with Gasteiger partial charge in [0.05, 0.1) is 17.0 Å². The number of rotatable bonds is 8. The number of nitrogens with one attached hydrogen (secondary N) is 1. The van der Waals surface area contributed by atoms with Crippen molar-refractivity contribution >= 4 is 32.5 Å². The Kier molecular flexibility index (Phi) is 5.81. The Bertz CT molecular complexity index is 1230. The van der Waals surface area contributed by atoms with Gasteiger partial charge in [0.1, 0.15) is 5.65 Å². The zero-order valence-electron chi connectivity index (χ0n) is 17.1. The summed E-state index contributed by atoms with van der Waals surface area (Å²) in [5.41, 5.74) is 0.727. The third kappa shape index (κ3) is 3.95. The first-order chi connectivity index (χ1) is 14.8. The van der Waals surface area contributed by atoms with Crippen molar-refractivity contribution in [3.05, 3.63) is 64.4 Å². The van der Waals surface area contributed by atoms with Crippen molar-refractivity contribution in [1.82, 2.24) is 9.97 Å². The number of halogens is 1. The quantitative estimate of drug-likeness (QED) is 0.403. The number of pyridine rings is 1. The lowest BCUT2D eigenvalue weighted by molar-refractivity contribution is 0.103. The van der Waals surface area contributed by atoms with Crippen molar-refractivity contribution in [1.29, 1.82) is 0 Å². The monoisotopic (exact) mass is 444 g/mol. The third-order valence-electron chi connectivity index (χ3n) is 5.80. The van der Waals surface area contributed by atoms with Gasteiger partial charge in [0.15, 0.2) is 11.6 Å². The molecule has 1 aliphatic rings. The molecule has 1 aromatic carbocycles. The third-order valence-corrected chi connectivity index (χ3v) is 7.31. The first-order valence-corrected chi connectivity index (χ1v) is 11.9. The van der Waals surface area contributed by atoms with Gasteiger partial charge in [0.2, 0.25) is 10.0 Å². The van der Waals surface area contributed by atoms with Gasteiger partial charge in [-0.25, -0.2) is 17.8 Å². The maximum atomic E-state index is 15.1. The van der Waals surface area contributed by atoms with Crippen LogP contribution in [-0.2, 0) is 10.0 Å². The second-order valence-corrected chi connectivity index (χ2v) is 9.76. The van der Waals surface area contributed by atoms with E-state index in [1.807, 2.05) is 6.07 Å². The Labute approximate surface area is 179 Å². The summed E-state index contributed by atoms with van der Waals surface area (Å²) < 4.78 is 39.2. The number of hydrogen-bond acceptors (Lipinski definition) is 5. The van der Waals surface area contributed by atoms with Crippen molar-refractivity contribution in [2.75, 3.05) is 10.2 Å². The van der Waals surface area contributed by atoms with Crippen LogP contribution in [0.1, 0.15) is 66.4 Å². The number of hydrogen-bond donors (Lipinski definition) is 1. The van der Waals surface area contributed by atoms with Gasteiger partial charge in [-0.3, -0.25) is 4.79 Å². The van der Waals surface area contributed by atoms with Gasteiger partial charge in [0.25, 0.3) is 0 Å². The molecule has 164 valence electrons. The van der Waals surface area contributed by atoms with Crippen molar-refractivity contribution in [2.45, 2.75) is 44.9 Å². The molecule has 0 amide bonds. The predicted octanol–water partition coefficient (Wildman–Crippen LogP) is 4.63. The number of anilines is 1. The minimum Gasteiger partial charge on any atom is -0.744 e. The highest BCUT2D eigenvalue weighted by Crippen LogP contribution is 2.37. The minimum absolute atomic E-state index is 0.228. The van der Waals surface area contributed by atoms with E-state index in [1.54, 1.807) is 13.1 Å². The van der Waals surface area contributed by atoms with Gasteiger partial charge in [0, 0.05) is 23.3 Å². The molecule has 0 aliphatic heterocycles. The molecule has 2 heterocycles. The lowest BCUT2D eigenvalue weighted by atomic mass is 9.80. The fourth-order valence-corrected chi connectivity index (χ4v) is 4.97. The van der Waals surface area contributed by atoms with E-state index in [2.05, 4.69) is 9.97 Å². The standard InChI is InChI=1S/C22H23FN3O4S/c1-2-3-10-31(29,30)26(28)19-9-5-8-16(20(19)23)21(27)18-13-25-22-17(18)11-15(12-24-22)14-6-4-7-14/h5,8-9,11-14H,2-4,6-7,10H2,1H3,(H,24,25)/q-1. The first kappa shape index (κ1) is 21.5. The fraction of sp³-hybridized carbons (Fsp3) is 0.364. The van der Waals surface area contributed by atoms with E-state index >= 15 is 4.39 Å². The van der Waals surface area contributed by atoms with Crippen LogP contribution in [0, 0.1) is 11.0 Å². The molecular formula is C22H23FN3O4S-. The summed E-state index contributed by atoms with van der Waals surface area (Å²) in [4.78, 5) is 20.4. The summed E-state index contributed by atoms with van der Waals surface area (Å²) in [6.07, 6.45) is 7.41. The Morgan fingerprint density at radius 3 is 2.77 bits per heavy atom. The van der Waals surface area contributed by atoms with E-state index < -0.39 is 27.3 Å². The zero-order chi connectivity index (χ0) is 22.2. The van der Waals surface area contributed by atoms with Crippen molar-refractivity contribution < 1.29 is 17.6 Å². The molecule has 3 aromatic rings. The molecule has 0 unspecified atom stereocenters. The molecule has 1 aliphatic carbocycles. The highest BCUT2D eigenvalue weighted by atomic mass is 32.2. The molecule has 0 radical (unpaired) electrons. The molecule has 1 fully saturated rings. The molecular weight excluding hydrogens is 421 g/mol. The summed E-state index contributed by atoms with van der Waals surface area (Å²) in [5.74, 6) is -1.77. The zero-order valence-corrected chi connectivity index (χ0v) is 17.9. The lowest BCUT2D eigenvalue weighted by Crippen LogP contribution is -2.28. The highest BCUT2D eigenvalue weighted by Gasteiger charge is 2.25. The molecule has 2 aromatic heterocycles. The number of aromatic amines is 1. The van der Waals surface area contributed by atoms with Crippen LogP contribution in [-0.4, -0.2) is 29.9 Å². The average molecular weight is 445 g/mol. The smallest absolute Gasteiger partial charge is 0.225 e. The van der Waals surface area contributed by atoms with Crippen LogP contribution in [0.4, 0.5) is 10.1 Å². The topological polar surface area (TPSA) is 106 Å². The molecule has 1 N–H and O–H groups in total. The lowest BCUT2D eigenvalue weighted by Gasteiger charge is -2.30. The second-order valence-electron chi connectivity index (χ2n) is 7.86. The number of H-pyrrole nitrogens is 1. The summed E-state index contributed by atoms with van der Waals surface area (Å²) in [7, 11) is -4.23. The highest BCUT2D eigenvalue weighted by molar-refractivity contribution is 7.92. The SMILES string of the molecule is CCCCS(=O)(=O)N([O-])c1cccc(C(=O)c2c[nH]c3ncc(C4CCC4)cc23)c1F. The average Bonchev–Trinajstić information content (AvgIpc) is 3.13. The number of nitrogens with zero attached hydrogens (tertiary/aromatic N) is 2. The van der Waals surface area contributed by atoms with E-state index in [0.717, 1.165) is 30.9 Å². The maximum absolute atomic E-state index is 15.1. The number of carbonyl (C=O) groups is 1. The Morgan fingerprint density at radius 1 is 1.32 bits per heavy atom. The molecule has 7 nitrogen and oxygen atoms in total. The summed E-state index contributed by atoms with van der Waals surface area (Å²) >= 11 is 0. The van der Waals surface area contributed by atoms with Crippen LogP contribution in [0.25, 0.3) is 11.0 Å². The minimum atomic E-state index is -4.23. The molecule has 0 saturated heterocycles. The Morgan fingerprint density at radius 2 is 2.10 bits per heavy atom. The van der Waals surface area contributed by atoms with Gasteiger partial charge in [-0.1, -0.05) is 25.8 Å². The van der Waals surface area contributed by atoms with Gasteiger partial charge < -0.3 is 14.7 Å². The van der Waals surface area contributed by atoms with Gasteiger partial charge in [-0.2, -0.15) is 0 Å². The summed E-state index contributed by atoms with van der Waals surface area (Å²) in [5, 5.41) is 13.0. The van der Waals surface area contributed by atoms with Crippen LogP contribution in [0.3, 0.4) is 0 Å². The molecule has 0 spiro atoms. The number of carbonyl (C=O) groups excluding carboxylic acids is 1. The van der Waals surface area contributed by atoms with Crippen LogP contribution in [0.15, 0.2) is 36.7 Å². The van der Waals surface area contributed by atoms with Gasteiger partial charge in [-0.05, 0) is 48.9 Å². The van der Waals surface area contributed by atoms with Gasteiger partial charge in [-0.15, -0.1) is 0 Å². The molecule has 0 atom stereocenters. The second kappa shape index (κ2) is 8.39. The van der Waals surface area contributed by atoms with Crippen LogP contribution >= 0.6 is 0 Å². The molecule has 1 saturated carbocycles. The van der Waals surface area contributed by atoms with Crippen LogP contribution < -0.4 is 4.47 Å².